The van der Waals surface area contributed by atoms with E-state index in [4.69, 9.17) is 11.6 Å². The molecule has 0 radical (unpaired) electrons. The van der Waals surface area contributed by atoms with Crippen LogP contribution in [0.25, 0.3) is 0 Å². The molecule has 1 amide bonds. The van der Waals surface area contributed by atoms with Crippen LogP contribution in [0.15, 0.2) is 28.0 Å². The van der Waals surface area contributed by atoms with E-state index in [1.165, 1.54) is 0 Å². The number of fused-ring (bicyclic) bond motifs is 1. The third kappa shape index (κ3) is 6.55. The normalized spacial score (nSPS) is 13.4. The van der Waals surface area contributed by atoms with Gasteiger partial charge in [0.25, 0.3) is 0 Å². The number of alkyl halides is 3. The number of carbonyl (C=O) groups excluding carboxylic acids is 1. The van der Waals surface area contributed by atoms with Gasteiger partial charge in [-0.15, -0.1) is 0 Å². The van der Waals surface area contributed by atoms with Crippen molar-refractivity contribution in [3.63, 3.8) is 0 Å². The molecule has 1 aromatic heterocycles. The number of hydrogen-bond acceptors (Lipinski definition) is 5. The molecule has 34 heavy (non-hydrogen) atoms. The van der Waals surface area contributed by atoms with Crippen molar-refractivity contribution in [2.75, 3.05) is 30.7 Å². The number of hydrogen-bond donors (Lipinski definition) is 1. The van der Waals surface area contributed by atoms with Crippen LogP contribution in [0.2, 0.25) is 5.02 Å². The number of nitrogens with zero attached hydrogens (tertiary/aromatic N) is 3. The average molecular weight is 517 g/mol. The summed E-state index contributed by atoms with van der Waals surface area (Å²) in [4.78, 5) is 31.7. The van der Waals surface area contributed by atoms with E-state index >= 15 is 0 Å². The van der Waals surface area contributed by atoms with E-state index in [2.05, 4.69) is 29.0 Å². The molecule has 0 bridgehead atoms. The Hall–Kier alpha value is -2.04. The van der Waals surface area contributed by atoms with Crippen molar-refractivity contribution in [1.29, 1.82) is 0 Å². The molecule has 0 fully saturated rings. The van der Waals surface area contributed by atoms with Crippen LogP contribution < -0.4 is 11.0 Å². The highest BCUT2D eigenvalue weighted by molar-refractivity contribution is 8.00. The van der Waals surface area contributed by atoms with Gasteiger partial charge in [0.15, 0.2) is 0 Å². The van der Waals surface area contributed by atoms with Crippen LogP contribution in [0.3, 0.4) is 0 Å². The molecule has 0 atom stereocenters. The minimum Gasteiger partial charge on any atom is -0.324 e. The summed E-state index contributed by atoms with van der Waals surface area (Å²) in [6.07, 6.45) is -1.21. The van der Waals surface area contributed by atoms with Gasteiger partial charge < -0.3 is 10.2 Å². The lowest BCUT2D eigenvalue weighted by Crippen LogP contribution is -2.30. The first-order chi connectivity index (χ1) is 16.1. The number of benzene rings is 1. The molecule has 1 N–H and O–H groups in total. The fraction of sp³-hybridized carbons (Fsp3) is 0.522. The van der Waals surface area contributed by atoms with E-state index in [9.17, 15) is 22.8 Å². The molecule has 2 aromatic rings. The van der Waals surface area contributed by atoms with Crippen LogP contribution in [0.5, 0.6) is 0 Å². The lowest BCUT2D eigenvalue weighted by Gasteiger charge is -2.19. The Kier molecular flexibility index (Phi) is 9.06. The molecular weight excluding hydrogens is 489 g/mol. The summed E-state index contributed by atoms with van der Waals surface area (Å²) < 4.78 is 40.6. The number of thioether (sulfide) groups is 1. The van der Waals surface area contributed by atoms with Gasteiger partial charge in [-0.05, 0) is 63.5 Å². The van der Waals surface area contributed by atoms with Gasteiger partial charge in [0.05, 0.1) is 22.0 Å². The van der Waals surface area contributed by atoms with Crippen LogP contribution >= 0.6 is 23.4 Å². The predicted molar refractivity (Wildman–Crippen MR) is 129 cm³/mol. The molecule has 3 rings (SSSR count). The zero-order valence-electron chi connectivity index (χ0n) is 19.2. The number of amides is 1. The summed E-state index contributed by atoms with van der Waals surface area (Å²) in [5.41, 5.74) is 0.623. The molecule has 1 aromatic carbocycles. The Morgan fingerprint density at radius 3 is 2.68 bits per heavy atom. The van der Waals surface area contributed by atoms with Crippen molar-refractivity contribution >= 4 is 35.0 Å². The second-order valence-corrected chi connectivity index (χ2v) is 9.41. The van der Waals surface area contributed by atoms with Crippen LogP contribution in [0.4, 0.5) is 18.9 Å². The standard InChI is InChI=1S/C23H28ClF3N4O2S/c1-3-30(4-2)11-6-12-31-19-8-5-7-16(19)21(29-22(31)33)34-14-20(32)28-18-13-15(23(25,26)27)9-10-17(18)24/h9-10,13H,3-8,11-12,14H2,1-2H3,(H,28,32). The lowest BCUT2D eigenvalue weighted by molar-refractivity contribution is -0.137. The highest BCUT2D eigenvalue weighted by Gasteiger charge is 2.31. The van der Waals surface area contributed by atoms with Gasteiger partial charge in [-0.3, -0.25) is 9.36 Å². The smallest absolute Gasteiger partial charge is 0.324 e. The van der Waals surface area contributed by atoms with Gasteiger partial charge in [-0.1, -0.05) is 37.2 Å². The van der Waals surface area contributed by atoms with Crippen molar-refractivity contribution in [3.8, 4) is 0 Å². The van der Waals surface area contributed by atoms with Crippen molar-refractivity contribution < 1.29 is 18.0 Å². The van der Waals surface area contributed by atoms with Crippen LogP contribution in [-0.4, -0.2) is 45.7 Å². The van der Waals surface area contributed by atoms with Crippen molar-refractivity contribution in [2.24, 2.45) is 0 Å². The van der Waals surface area contributed by atoms with Crippen LogP contribution in [-0.2, 0) is 30.4 Å². The minimum absolute atomic E-state index is 0.0117. The van der Waals surface area contributed by atoms with E-state index in [1.54, 1.807) is 4.57 Å². The summed E-state index contributed by atoms with van der Waals surface area (Å²) in [5, 5.41) is 2.96. The van der Waals surface area contributed by atoms with Gasteiger partial charge >= 0.3 is 11.9 Å². The van der Waals surface area contributed by atoms with Gasteiger partial charge in [0.2, 0.25) is 5.91 Å². The average Bonchev–Trinajstić information content (AvgIpc) is 3.27. The second kappa shape index (κ2) is 11.6. The molecule has 6 nitrogen and oxygen atoms in total. The van der Waals surface area contributed by atoms with Crippen molar-refractivity contribution in [2.45, 2.75) is 57.3 Å². The molecule has 1 aliphatic rings. The Bertz CT molecular complexity index is 1090. The molecule has 0 aliphatic heterocycles. The molecule has 0 spiro atoms. The third-order valence-corrected chi connectivity index (χ3v) is 7.21. The summed E-state index contributed by atoms with van der Waals surface area (Å²) in [6, 6.07) is 2.76. The molecule has 1 aliphatic carbocycles. The monoisotopic (exact) mass is 516 g/mol. The molecule has 11 heteroatoms. The number of carbonyl (C=O) groups is 1. The van der Waals surface area contributed by atoms with Gasteiger partial charge in [-0.2, -0.15) is 18.2 Å². The Balaban J connectivity index is 1.68. The summed E-state index contributed by atoms with van der Waals surface area (Å²) in [6.45, 7) is 7.65. The van der Waals surface area contributed by atoms with Crippen LogP contribution in [0, 0.1) is 0 Å². The highest BCUT2D eigenvalue weighted by Crippen LogP contribution is 2.34. The summed E-state index contributed by atoms with van der Waals surface area (Å²) in [7, 11) is 0. The Morgan fingerprint density at radius 1 is 1.26 bits per heavy atom. The van der Waals surface area contributed by atoms with Gasteiger partial charge in [0.1, 0.15) is 5.03 Å². The highest BCUT2D eigenvalue weighted by atomic mass is 35.5. The Morgan fingerprint density at radius 2 is 2.00 bits per heavy atom. The van der Waals surface area contributed by atoms with E-state index in [0.717, 1.165) is 86.5 Å². The minimum atomic E-state index is -4.54. The second-order valence-electron chi connectivity index (χ2n) is 8.04. The molecule has 0 saturated heterocycles. The molecule has 0 unspecified atom stereocenters. The number of rotatable bonds is 10. The number of aromatic nitrogens is 2. The fourth-order valence-electron chi connectivity index (χ4n) is 4.05. The van der Waals surface area contributed by atoms with E-state index in [0.29, 0.717) is 11.6 Å². The number of halogens is 4. The predicted octanol–water partition coefficient (Wildman–Crippen LogP) is 4.87. The van der Waals surface area contributed by atoms with Crippen LogP contribution in [0.1, 0.15) is 43.5 Å². The summed E-state index contributed by atoms with van der Waals surface area (Å²) in [5.74, 6) is -0.625. The first-order valence-electron chi connectivity index (χ1n) is 11.3. The zero-order chi connectivity index (χ0) is 24.9. The topological polar surface area (TPSA) is 67.2 Å². The molecular formula is C23H28ClF3N4O2S. The van der Waals surface area contributed by atoms with E-state index in [-0.39, 0.29) is 22.2 Å². The molecule has 186 valence electrons. The van der Waals surface area contributed by atoms with Crippen molar-refractivity contribution in [3.05, 3.63) is 50.5 Å². The fourth-order valence-corrected chi connectivity index (χ4v) is 5.09. The number of anilines is 1. The summed E-state index contributed by atoms with van der Waals surface area (Å²) >= 11 is 7.07. The maximum atomic E-state index is 13.0. The number of nitrogens with one attached hydrogen (secondary N) is 1. The lowest BCUT2D eigenvalue weighted by atomic mass is 10.2. The first-order valence-corrected chi connectivity index (χ1v) is 12.6. The van der Waals surface area contributed by atoms with Gasteiger partial charge in [0, 0.05) is 17.8 Å². The SMILES string of the molecule is CCN(CC)CCCn1c2c(c(SCC(=O)Nc3cc(C(F)(F)F)ccc3Cl)nc1=O)CCC2. The maximum Gasteiger partial charge on any atom is 0.416 e. The van der Waals surface area contributed by atoms with E-state index < -0.39 is 17.6 Å². The zero-order valence-corrected chi connectivity index (χ0v) is 20.7. The van der Waals surface area contributed by atoms with Gasteiger partial charge in [-0.25, -0.2) is 4.79 Å². The maximum absolute atomic E-state index is 13.0. The van der Waals surface area contributed by atoms with Crippen molar-refractivity contribution in [1.82, 2.24) is 14.5 Å². The first kappa shape index (κ1) is 26.6. The van der Waals surface area contributed by atoms with E-state index in [1.807, 2.05) is 0 Å². The molecule has 1 heterocycles. The largest absolute Gasteiger partial charge is 0.416 e. The quantitative estimate of drug-likeness (QED) is 0.360. The third-order valence-electron chi connectivity index (χ3n) is 5.86. The molecule has 0 saturated carbocycles. The Labute approximate surface area is 205 Å².